The molecule has 1 amide bonds. The van der Waals surface area contributed by atoms with Gasteiger partial charge in [-0.1, -0.05) is 29.8 Å². The highest BCUT2D eigenvalue weighted by Gasteiger charge is 2.16. The number of hydrogen-bond donors (Lipinski definition) is 3. The lowest BCUT2D eigenvalue weighted by atomic mass is 10.0. The molecule has 3 N–H and O–H groups in total. The number of benzene rings is 2. The van der Waals surface area contributed by atoms with E-state index in [1.165, 1.54) is 12.1 Å². The van der Waals surface area contributed by atoms with Gasteiger partial charge in [0.25, 0.3) is 5.91 Å². The Kier molecular flexibility index (Phi) is 4.83. The zero-order valence-electron chi connectivity index (χ0n) is 11.5. The maximum atomic E-state index is 12.3. The number of halogens is 1. The monoisotopic (exact) mass is 305 g/mol. The second-order valence-electron chi connectivity index (χ2n) is 4.76. The number of carbonyl (C=O) groups excluding carboxylic acids is 1. The van der Waals surface area contributed by atoms with Crippen LogP contribution in [0.25, 0.3) is 0 Å². The molecule has 110 valence electrons. The number of aliphatic hydroxyl groups excluding tert-OH is 1. The molecular formula is C16H16ClNO3. The molecule has 0 saturated heterocycles. The molecule has 0 saturated carbocycles. The number of phenols is 1. The van der Waals surface area contributed by atoms with Crippen molar-refractivity contribution >= 4 is 17.5 Å². The van der Waals surface area contributed by atoms with E-state index in [1.54, 1.807) is 37.3 Å². The fourth-order valence-electron chi connectivity index (χ4n) is 2.02. The summed E-state index contributed by atoms with van der Waals surface area (Å²) < 4.78 is 0. The number of aryl methyl sites for hydroxylation is 1. The van der Waals surface area contributed by atoms with Crippen LogP contribution in [0.2, 0.25) is 5.02 Å². The van der Waals surface area contributed by atoms with Crippen LogP contribution in [0.1, 0.15) is 27.5 Å². The Labute approximate surface area is 128 Å². The second kappa shape index (κ2) is 6.61. The van der Waals surface area contributed by atoms with Gasteiger partial charge >= 0.3 is 0 Å². The maximum absolute atomic E-state index is 12.3. The molecule has 4 nitrogen and oxygen atoms in total. The Balaban J connectivity index is 2.20. The number of aromatic hydroxyl groups is 1. The standard InChI is InChI=1S/C16H16ClNO3/c1-10-2-7-13(20)8-14(10)16(21)18-15(9-19)11-3-5-12(17)6-4-11/h2-8,15,19-20H,9H2,1H3,(H,18,21)/t15-/m1/s1. The van der Waals surface area contributed by atoms with Crippen LogP contribution in [0, 0.1) is 6.92 Å². The summed E-state index contributed by atoms with van der Waals surface area (Å²) in [6.45, 7) is 1.55. The fourth-order valence-corrected chi connectivity index (χ4v) is 2.15. The smallest absolute Gasteiger partial charge is 0.252 e. The summed E-state index contributed by atoms with van der Waals surface area (Å²) >= 11 is 5.82. The molecule has 0 heterocycles. The molecule has 0 aliphatic rings. The molecule has 0 bridgehead atoms. The van der Waals surface area contributed by atoms with Crippen LogP contribution in [0.15, 0.2) is 42.5 Å². The minimum atomic E-state index is -0.531. The van der Waals surface area contributed by atoms with Crippen LogP contribution in [0.3, 0.4) is 0 Å². The van der Waals surface area contributed by atoms with Gasteiger partial charge in [0.2, 0.25) is 0 Å². The third-order valence-electron chi connectivity index (χ3n) is 3.23. The molecule has 0 aliphatic heterocycles. The largest absolute Gasteiger partial charge is 0.508 e. The van der Waals surface area contributed by atoms with Crippen LogP contribution in [-0.2, 0) is 0 Å². The Hall–Kier alpha value is -2.04. The first-order valence-electron chi connectivity index (χ1n) is 6.48. The summed E-state index contributed by atoms with van der Waals surface area (Å²) in [7, 11) is 0. The summed E-state index contributed by atoms with van der Waals surface area (Å²) in [4.78, 5) is 12.3. The zero-order chi connectivity index (χ0) is 15.4. The lowest BCUT2D eigenvalue weighted by Gasteiger charge is -2.17. The third kappa shape index (κ3) is 3.74. The molecule has 2 aromatic rings. The van der Waals surface area contributed by atoms with Crippen molar-refractivity contribution in [2.24, 2.45) is 0 Å². The highest BCUT2D eigenvalue weighted by molar-refractivity contribution is 6.30. The molecule has 0 aliphatic carbocycles. The van der Waals surface area contributed by atoms with E-state index in [4.69, 9.17) is 11.6 Å². The molecule has 0 radical (unpaired) electrons. The van der Waals surface area contributed by atoms with Crippen LogP contribution in [0.4, 0.5) is 0 Å². The summed E-state index contributed by atoms with van der Waals surface area (Å²) in [6.07, 6.45) is 0. The molecule has 0 fully saturated rings. The van der Waals surface area contributed by atoms with Gasteiger partial charge in [-0.15, -0.1) is 0 Å². The average Bonchev–Trinajstić information content (AvgIpc) is 2.48. The summed E-state index contributed by atoms with van der Waals surface area (Å²) in [5.74, 6) is -0.324. The normalized spacial score (nSPS) is 12.0. The minimum Gasteiger partial charge on any atom is -0.508 e. The maximum Gasteiger partial charge on any atom is 0.252 e. The van der Waals surface area contributed by atoms with Gasteiger partial charge in [0, 0.05) is 10.6 Å². The highest BCUT2D eigenvalue weighted by Crippen LogP contribution is 2.19. The van der Waals surface area contributed by atoms with E-state index < -0.39 is 6.04 Å². The van der Waals surface area contributed by atoms with Gasteiger partial charge in [0.05, 0.1) is 12.6 Å². The lowest BCUT2D eigenvalue weighted by molar-refractivity contribution is 0.0915. The molecular weight excluding hydrogens is 290 g/mol. The second-order valence-corrected chi connectivity index (χ2v) is 5.20. The van der Waals surface area contributed by atoms with E-state index in [2.05, 4.69) is 5.32 Å². The summed E-state index contributed by atoms with van der Waals surface area (Å²) in [5.41, 5.74) is 1.88. The molecule has 21 heavy (non-hydrogen) atoms. The molecule has 0 aromatic heterocycles. The number of hydrogen-bond acceptors (Lipinski definition) is 3. The summed E-state index contributed by atoms with van der Waals surface area (Å²) in [5, 5.41) is 22.3. The van der Waals surface area contributed by atoms with Crippen LogP contribution in [0.5, 0.6) is 5.75 Å². The van der Waals surface area contributed by atoms with E-state index in [1.807, 2.05) is 0 Å². The number of nitrogens with one attached hydrogen (secondary N) is 1. The van der Waals surface area contributed by atoms with E-state index in [0.717, 1.165) is 11.1 Å². The first-order chi connectivity index (χ1) is 10.0. The van der Waals surface area contributed by atoms with Crippen molar-refractivity contribution in [3.8, 4) is 5.75 Å². The number of aliphatic hydroxyl groups is 1. The third-order valence-corrected chi connectivity index (χ3v) is 3.48. The van der Waals surface area contributed by atoms with Gasteiger partial charge in [-0.2, -0.15) is 0 Å². The number of rotatable bonds is 4. The molecule has 2 aromatic carbocycles. The van der Waals surface area contributed by atoms with Gasteiger partial charge in [-0.05, 0) is 42.3 Å². The zero-order valence-corrected chi connectivity index (χ0v) is 12.3. The Morgan fingerprint density at radius 2 is 1.90 bits per heavy atom. The predicted octanol–water partition coefficient (Wildman–Crippen LogP) is 2.82. The number of phenolic OH excluding ortho intramolecular Hbond substituents is 1. The van der Waals surface area contributed by atoms with E-state index in [0.29, 0.717) is 10.6 Å². The molecule has 0 unspecified atom stereocenters. The topological polar surface area (TPSA) is 69.6 Å². The Morgan fingerprint density at radius 3 is 2.52 bits per heavy atom. The number of carbonyl (C=O) groups is 1. The highest BCUT2D eigenvalue weighted by atomic mass is 35.5. The van der Waals surface area contributed by atoms with Crippen LogP contribution in [-0.4, -0.2) is 22.7 Å². The molecule has 2 rings (SSSR count). The molecule has 5 heteroatoms. The van der Waals surface area contributed by atoms with Crippen molar-refractivity contribution in [3.63, 3.8) is 0 Å². The van der Waals surface area contributed by atoms with Crippen molar-refractivity contribution in [1.29, 1.82) is 0 Å². The predicted molar refractivity (Wildman–Crippen MR) is 81.6 cm³/mol. The van der Waals surface area contributed by atoms with Gasteiger partial charge in [0.15, 0.2) is 0 Å². The number of amides is 1. The first-order valence-corrected chi connectivity index (χ1v) is 6.86. The van der Waals surface area contributed by atoms with Crippen molar-refractivity contribution in [2.75, 3.05) is 6.61 Å². The Bertz CT molecular complexity index is 640. The SMILES string of the molecule is Cc1ccc(O)cc1C(=O)N[C@H](CO)c1ccc(Cl)cc1. The van der Waals surface area contributed by atoms with Crippen molar-refractivity contribution in [3.05, 3.63) is 64.2 Å². The van der Waals surface area contributed by atoms with E-state index in [9.17, 15) is 15.0 Å². The molecule has 0 spiro atoms. The average molecular weight is 306 g/mol. The molecule has 1 atom stereocenters. The summed E-state index contributed by atoms with van der Waals surface area (Å²) in [6, 6.07) is 11.0. The van der Waals surface area contributed by atoms with Gasteiger partial charge in [-0.25, -0.2) is 0 Å². The van der Waals surface area contributed by atoms with Gasteiger partial charge in [0.1, 0.15) is 5.75 Å². The van der Waals surface area contributed by atoms with Crippen LogP contribution < -0.4 is 5.32 Å². The van der Waals surface area contributed by atoms with Gasteiger partial charge < -0.3 is 15.5 Å². The van der Waals surface area contributed by atoms with Gasteiger partial charge in [-0.3, -0.25) is 4.79 Å². The fraction of sp³-hybridized carbons (Fsp3) is 0.188. The van der Waals surface area contributed by atoms with Crippen molar-refractivity contribution in [2.45, 2.75) is 13.0 Å². The van der Waals surface area contributed by atoms with Crippen molar-refractivity contribution < 1.29 is 15.0 Å². The van der Waals surface area contributed by atoms with E-state index in [-0.39, 0.29) is 18.3 Å². The minimum absolute atomic E-state index is 0.0257. The lowest BCUT2D eigenvalue weighted by Crippen LogP contribution is -2.31. The van der Waals surface area contributed by atoms with Crippen LogP contribution >= 0.6 is 11.6 Å². The quantitative estimate of drug-likeness (QED) is 0.813. The Morgan fingerprint density at radius 1 is 1.24 bits per heavy atom. The van der Waals surface area contributed by atoms with Crippen molar-refractivity contribution in [1.82, 2.24) is 5.32 Å². The van der Waals surface area contributed by atoms with E-state index >= 15 is 0 Å². The first kappa shape index (κ1) is 15.4.